The van der Waals surface area contributed by atoms with Crippen LogP contribution in [0.1, 0.15) is 40.5 Å². The summed E-state index contributed by atoms with van der Waals surface area (Å²) in [5.74, 6) is -1.75. The van der Waals surface area contributed by atoms with Crippen molar-refractivity contribution in [2.75, 3.05) is 19.5 Å². The number of nitrogens with zero attached hydrogens (tertiary/aromatic N) is 2. The van der Waals surface area contributed by atoms with Gasteiger partial charge in [-0.05, 0) is 23.3 Å². The molecule has 2 N–H and O–H groups in total. The fraction of sp³-hybridized carbons (Fsp3) is 0.240. The van der Waals surface area contributed by atoms with Crippen LogP contribution in [0.25, 0.3) is 0 Å². The van der Waals surface area contributed by atoms with E-state index >= 15 is 0 Å². The maximum Gasteiger partial charge on any atom is 0.357 e. The quantitative estimate of drug-likeness (QED) is 0.353. The summed E-state index contributed by atoms with van der Waals surface area (Å²) in [5.41, 5.74) is 1.37. The third-order valence-electron chi connectivity index (χ3n) is 5.89. The first-order valence-corrected chi connectivity index (χ1v) is 11.9. The van der Waals surface area contributed by atoms with Gasteiger partial charge < -0.3 is 20.1 Å². The van der Waals surface area contributed by atoms with E-state index in [0.29, 0.717) is 11.3 Å². The highest BCUT2D eigenvalue weighted by molar-refractivity contribution is 7.14. The monoisotopic (exact) mass is 508 g/mol. The van der Waals surface area contributed by atoms with E-state index in [1.54, 1.807) is 31.2 Å². The van der Waals surface area contributed by atoms with Crippen LogP contribution >= 0.6 is 11.3 Å². The van der Waals surface area contributed by atoms with Crippen molar-refractivity contribution in [2.45, 2.75) is 24.9 Å². The van der Waals surface area contributed by atoms with E-state index in [0.717, 1.165) is 21.8 Å². The van der Waals surface area contributed by atoms with E-state index in [1.807, 2.05) is 30.3 Å². The van der Waals surface area contributed by atoms with Crippen LogP contribution < -0.4 is 15.4 Å². The number of carbonyl (C=O) groups is 4. The normalized spacial score (nSPS) is 16.8. The van der Waals surface area contributed by atoms with E-state index < -0.39 is 41.8 Å². The lowest BCUT2D eigenvalue weighted by Crippen LogP contribution is -2.50. The third kappa shape index (κ3) is 4.91. The van der Waals surface area contributed by atoms with E-state index in [9.17, 15) is 19.2 Å². The van der Waals surface area contributed by atoms with Gasteiger partial charge in [-0.3, -0.25) is 9.59 Å². The van der Waals surface area contributed by atoms with Gasteiger partial charge in [0.2, 0.25) is 5.91 Å². The number of hydrogen-bond donors (Lipinski definition) is 2. The zero-order valence-electron chi connectivity index (χ0n) is 19.8. The molecule has 0 aliphatic carbocycles. The molecule has 10 nitrogen and oxygen atoms in total. The van der Waals surface area contributed by atoms with E-state index in [2.05, 4.69) is 20.4 Å². The van der Waals surface area contributed by atoms with Crippen LogP contribution in [0, 0.1) is 0 Å². The number of carbonyl (C=O) groups excluding carboxylic acids is 4. The summed E-state index contributed by atoms with van der Waals surface area (Å²) in [4.78, 5) is 56.9. The van der Waals surface area contributed by atoms with Crippen LogP contribution in [0.3, 0.4) is 0 Å². The number of amides is 4. The SMILES string of the molecule is COC(=O)c1csc(NC(=O)[C@H]([C@@H](C)c2ccccc2)N2C(=O)N[C@H](c3ccc(OC)cc3)C2=O)n1. The molecule has 4 amide bonds. The van der Waals surface area contributed by atoms with Gasteiger partial charge in [0.1, 0.15) is 17.8 Å². The van der Waals surface area contributed by atoms with Gasteiger partial charge in [-0.15, -0.1) is 11.3 Å². The Bertz CT molecular complexity index is 1280. The second-order valence-corrected chi connectivity index (χ2v) is 8.88. The Morgan fingerprint density at radius 1 is 1.08 bits per heavy atom. The number of aromatic nitrogens is 1. The van der Waals surface area contributed by atoms with Gasteiger partial charge in [-0.1, -0.05) is 49.4 Å². The molecule has 4 rings (SSSR count). The molecule has 1 aromatic heterocycles. The summed E-state index contributed by atoms with van der Waals surface area (Å²) < 4.78 is 9.82. The van der Waals surface area contributed by atoms with Gasteiger partial charge in [0, 0.05) is 11.3 Å². The first-order valence-electron chi connectivity index (χ1n) is 11.0. The molecule has 36 heavy (non-hydrogen) atoms. The van der Waals surface area contributed by atoms with E-state index in [1.165, 1.54) is 19.6 Å². The van der Waals surface area contributed by atoms with Crippen molar-refractivity contribution in [1.82, 2.24) is 15.2 Å². The number of methoxy groups -OCH3 is 2. The third-order valence-corrected chi connectivity index (χ3v) is 6.65. The van der Waals surface area contributed by atoms with Crippen molar-refractivity contribution in [3.63, 3.8) is 0 Å². The average Bonchev–Trinajstić information content (AvgIpc) is 3.48. The molecule has 1 aliphatic heterocycles. The molecular formula is C25H24N4O6S. The molecule has 0 spiro atoms. The molecule has 0 unspecified atom stereocenters. The lowest BCUT2D eigenvalue weighted by Gasteiger charge is -2.29. The minimum Gasteiger partial charge on any atom is -0.497 e. The number of esters is 1. The molecule has 1 aliphatic rings. The number of anilines is 1. The Labute approximate surface area is 211 Å². The average molecular weight is 509 g/mol. The van der Waals surface area contributed by atoms with Crippen molar-refractivity contribution in [3.8, 4) is 5.75 Å². The Hall–Kier alpha value is -4.25. The van der Waals surface area contributed by atoms with Crippen LogP contribution in [-0.4, -0.2) is 54.0 Å². The largest absolute Gasteiger partial charge is 0.497 e. The number of imide groups is 1. The van der Waals surface area contributed by atoms with E-state index in [-0.39, 0.29) is 10.8 Å². The van der Waals surface area contributed by atoms with Crippen LogP contribution in [0.4, 0.5) is 9.93 Å². The Morgan fingerprint density at radius 3 is 2.42 bits per heavy atom. The topological polar surface area (TPSA) is 127 Å². The number of thiazole rings is 1. The fourth-order valence-corrected chi connectivity index (χ4v) is 4.68. The molecule has 1 fully saturated rings. The lowest BCUT2D eigenvalue weighted by molar-refractivity contribution is -0.134. The van der Waals surface area contributed by atoms with Crippen molar-refractivity contribution in [1.29, 1.82) is 0 Å². The number of nitrogens with one attached hydrogen (secondary N) is 2. The molecular weight excluding hydrogens is 484 g/mol. The number of urea groups is 1. The zero-order valence-corrected chi connectivity index (χ0v) is 20.6. The number of ether oxygens (including phenoxy) is 2. The highest BCUT2D eigenvalue weighted by atomic mass is 32.1. The van der Waals surface area contributed by atoms with Crippen LogP contribution in [0.15, 0.2) is 60.0 Å². The summed E-state index contributed by atoms with van der Waals surface area (Å²) in [6.07, 6.45) is 0. The summed E-state index contributed by atoms with van der Waals surface area (Å²) in [5, 5.41) is 6.92. The van der Waals surface area contributed by atoms with Gasteiger partial charge in [-0.2, -0.15) is 0 Å². The second-order valence-electron chi connectivity index (χ2n) is 8.03. The van der Waals surface area contributed by atoms with Gasteiger partial charge in [0.05, 0.1) is 14.2 Å². The zero-order chi connectivity index (χ0) is 25.8. The molecule has 11 heteroatoms. The summed E-state index contributed by atoms with van der Waals surface area (Å²) in [6.45, 7) is 1.77. The fourth-order valence-electron chi connectivity index (χ4n) is 4.00. The summed E-state index contributed by atoms with van der Waals surface area (Å²) >= 11 is 1.03. The molecule has 3 aromatic rings. The van der Waals surface area contributed by atoms with Crippen molar-refractivity contribution in [2.24, 2.45) is 0 Å². The molecule has 0 bridgehead atoms. The highest BCUT2D eigenvalue weighted by Crippen LogP contribution is 2.31. The lowest BCUT2D eigenvalue weighted by atomic mass is 9.91. The van der Waals surface area contributed by atoms with Crippen molar-refractivity contribution < 1.29 is 28.7 Å². The first-order chi connectivity index (χ1) is 17.3. The van der Waals surface area contributed by atoms with E-state index in [4.69, 9.17) is 4.74 Å². The maximum absolute atomic E-state index is 13.5. The van der Waals surface area contributed by atoms with Gasteiger partial charge in [-0.25, -0.2) is 19.5 Å². The highest BCUT2D eigenvalue weighted by Gasteiger charge is 2.47. The van der Waals surface area contributed by atoms with Crippen LogP contribution in [0.5, 0.6) is 5.75 Å². The van der Waals surface area contributed by atoms with Gasteiger partial charge in [0.15, 0.2) is 10.8 Å². The molecule has 0 radical (unpaired) electrons. The number of benzene rings is 2. The summed E-state index contributed by atoms with van der Waals surface area (Å²) in [7, 11) is 2.76. The first kappa shape index (κ1) is 24.9. The minimum atomic E-state index is -1.19. The Morgan fingerprint density at radius 2 is 1.78 bits per heavy atom. The van der Waals surface area contributed by atoms with Crippen LogP contribution in [-0.2, 0) is 14.3 Å². The molecule has 186 valence electrons. The van der Waals surface area contributed by atoms with Gasteiger partial charge in [0.25, 0.3) is 5.91 Å². The predicted octanol–water partition coefficient (Wildman–Crippen LogP) is 3.34. The second kappa shape index (κ2) is 10.6. The van der Waals surface area contributed by atoms with Crippen molar-refractivity contribution >= 4 is 40.3 Å². The number of hydrogen-bond acceptors (Lipinski definition) is 8. The molecule has 2 aromatic carbocycles. The predicted molar refractivity (Wildman–Crippen MR) is 132 cm³/mol. The van der Waals surface area contributed by atoms with Gasteiger partial charge >= 0.3 is 12.0 Å². The molecule has 1 saturated heterocycles. The molecule has 2 heterocycles. The van der Waals surface area contributed by atoms with Crippen LogP contribution in [0.2, 0.25) is 0 Å². The molecule has 0 saturated carbocycles. The minimum absolute atomic E-state index is 0.0417. The Kier molecular flexibility index (Phi) is 7.30. The maximum atomic E-state index is 13.5. The standard InChI is InChI=1S/C25H24N4O6S/c1-14(15-7-5-4-6-8-15)20(21(30)28-24-26-18(13-36-24)23(32)35-3)29-22(31)19(27-25(29)33)16-9-11-17(34-2)12-10-16/h4-14,19-20H,1-3H3,(H,27,33)(H,26,28,30)/t14-,19+,20-/m0/s1. The smallest absolute Gasteiger partial charge is 0.357 e. The molecule has 3 atom stereocenters. The Balaban J connectivity index is 1.65. The van der Waals surface area contributed by atoms with Crippen molar-refractivity contribution in [3.05, 3.63) is 76.8 Å². The number of rotatable bonds is 8. The summed E-state index contributed by atoms with van der Waals surface area (Å²) in [6, 6.07) is 13.0.